The largest absolute Gasteiger partial charge is 0.0458 e. The molecule has 142 valence electrons. The Morgan fingerprint density at radius 1 is 0.300 bits per heavy atom. The van der Waals surface area contributed by atoms with Gasteiger partial charge in [0, 0.05) is 0 Å². The Balaban J connectivity index is 1.13. The van der Waals surface area contributed by atoms with Gasteiger partial charge in [-0.3, -0.25) is 0 Å². The second-order valence-corrected chi connectivity index (χ2v) is 18.8. The molecule has 20 aliphatic carbocycles. The number of hydrogen-bond donors (Lipinski definition) is 0. The molecule has 30 heavy (non-hydrogen) atoms. The normalized spacial score (nSPS) is 130. The van der Waals surface area contributed by atoms with Crippen molar-refractivity contribution in [1.29, 1.82) is 0 Å². The van der Waals surface area contributed by atoms with E-state index in [9.17, 15) is 0 Å². The summed E-state index contributed by atoms with van der Waals surface area (Å²) in [4.78, 5) is 0. The van der Waals surface area contributed by atoms with Crippen LogP contribution in [0.5, 0.6) is 0 Å². The molecule has 20 saturated carbocycles. The van der Waals surface area contributed by atoms with E-state index < -0.39 is 0 Å². The third-order valence-corrected chi connectivity index (χ3v) is 24.5. The summed E-state index contributed by atoms with van der Waals surface area (Å²) in [7, 11) is 0. The standard InChI is InChI=1S/C30H22/c1-5-13-6-2-11-17-18-12-4-8-14-7-3-10-16-15-9(1)19(5)23(13)20(6,11)27(17)28(18)22(8,12)24(14)21(7,10)26(16)25(15,19)29(23,27)30(24,26)28/h5-18H,1-4H2. The molecule has 12 spiro atoms. The van der Waals surface area contributed by atoms with Crippen LogP contribution >= 0.6 is 0 Å². The van der Waals surface area contributed by atoms with Crippen LogP contribution in [0.2, 0.25) is 0 Å². The molecule has 0 radical (unpaired) electrons. The van der Waals surface area contributed by atoms with E-state index in [2.05, 4.69) is 0 Å². The molecule has 0 aromatic rings. The maximum Gasteiger partial charge on any atom is -0.00108 e. The fourth-order valence-corrected chi connectivity index (χ4v) is 30.2. The molecule has 0 nitrogen and oxygen atoms in total. The fourth-order valence-electron chi connectivity index (χ4n) is 30.2. The van der Waals surface area contributed by atoms with E-state index in [-0.39, 0.29) is 0 Å². The van der Waals surface area contributed by atoms with E-state index in [0.29, 0.717) is 0 Å². The van der Waals surface area contributed by atoms with E-state index in [0.717, 1.165) is 65.0 Å². The van der Waals surface area contributed by atoms with Crippen LogP contribution < -0.4 is 0 Å². The Bertz CT molecular complexity index is 1400. The lowest BCUT2D eigenvalue weighted by atomic mass is 8.48. The summed E-state index contributed by atoms with van der Waals surface area (Å²) in [6, 6.07) is 0. The highest BCUT2D eigenvalue weighted by Crippen LogP contribution is 3.56. The van der Waals surface area contributed by atoms with Crippen molar-refractivity contribution in [2.24, 2.45) is 148 Å². The average molecular weight is 383 g/mol. The molecule has 0 aliphatic heterocycles. The smallest absolute Gasteiger partial charge is 0.00108 e. The van der Waals surface area contributed by atoms with E-state index in [1.165, 1.54) is 82.9 Å². The Hall–Kier alpha value is 0. The molecule has 0 N–H and O–H groups in total. The molecule has 0 amide bonds. The van der Waals surface area contributed by atoms with Crippen molar-refractivity contribution in [2.75, 3.05) is 0 Å². The van der Waals surface area contributed by atoms with Crippen molar-refractivity contribution >= 4 is 0 Å². The van der Waals surface area contributed by atoms with Gasteiger partial charge < -0.3 is 0 Å². The van der Waals surface area contributed by atoms with Crippen molar-refractivity contribution in [3.05, 3.63) is 0 Å². The molecule has 0 heterocycles. The summed E-state index contributed by atoms with van der Waals surface area (Å²) in [6.45, 7) is 0. The molecular weight excluding hydrogens is 360 g/mol. The fraction of sp³-hybridized carbons (Fsp3) is 1.00. The number of rotatable bonds is 0. The quantitative estimate of drug-likeness (QED) is 0.603. The number of fused-ring (bicyclic) bond motifs is 10. The van der Waals surface area contributed by atoms with Crippen molar-refractivity contribution in [3.8, 4) is 0 Å². The molecule has 0 aromatic heterocycles. The summed E-state index contributed by atoms with van der Waals surface area (Å²) < 4.78 is 0. The summed E-state index contributed by atoms with van der Waals surface area (Å²) in [5, 5.41) is 0. The predicted molar refractivity (Wildman–Crippen MR) is 96.5 cm³/mol. The lowest BCUT2D eigenvalue weighted by molar-refractivity contribution is -1.10. The van der Waals surface area contributed by atoms with Gasteiger partial charge in [0.2, 0.25) is 0 Å². The van der Waals surface area contributed by atoms with Gasteiger partial charge in [0.25, 0.3) is 0 Å². The third-order valence-electron chi connectivity index (χ3n) is 24.5. The van der Waals surface area contributed by atoms with Crippen LogP contribution in [0.25, 0.3) is 0 Å². The monoisotopic (exact) mass is 382 g/mol. The summed E-state index contributed by atoms with van der Waals surface area (Å²) in [5.74, 6) is 19.0. The maximum absolute atomic E-state index is 1.79. The van der Waals surface area contributed by atoms with Gasteiger partial charge in [0.1, 0.15) is 0 Å². The summed E-state index contributed by atoms with van der Waals surface area (Å²) >= 11 is 0. The number of hydrogen-bond acceptors (Lipinski definition) is 0. The van der Waals surface area contributed by atoms with Gasteiger partial charge in [0.15, 0.2) is 0 Å². The van der Waals surface area contributed by atoms with E-state index in [1.807, 2.05) is 0 Å². The van der Waals surface area contributed by atoms with Gasteiger partial charge >= 0.3 is 0 Å². The Morgan fingerprint density at radius 3 is 0.867 bits per heavy atom. The minimum Gasteiger partial charge on any atom is -0.0458 e. The molecule has 0 aromatic carbocycles. The molecular formula is C30H22. The van der Waals surface area contributed by atoms with Crippen molar-refractivity contribution in [2.45, 2.75) is 25.7 Å². The summed E-state index contributed by atoms with van der Waals surface area (Å²) in [5.41, 5.74) is 13.4. The van der Waals surface area contributed by atoms with Crippen molar-refractivity contribution in [3.63, 3.8) is 0 Å². The Kier molecular flexibility index (Phi) is 0.572. The molecule has 0 saturated heterocycles. The lowest BCUT2D eigenvalue weighted by Crippen LogP contribution is -3.53. The van der Waals surface area contributed by atoms with Gasteiger partial charge in [-0.1, -0.05) is 0 Å². The highest BCUT2D eigenvalue weighted by atomic mass is 15.6. The first-order valence-electron chi connectivity index (χ1n) is 14.9. The molecule has 20 unspecified atom stereocenters. The second-order valence-electron chi connectivity index (χ2n) is 18.8. The van der Waals surface area contributed by atoms with Crippen LogP contribution in [0.1, 0.15) is 25.7 Å². The maximum atomic E-state index is 1.79. The molecule has 0 heteroatoms. The zero-order valence-electron chi connectivity index (χ0n) is 16.9. The second kappa shape index (κ2) is 1.63. The van der Waals surface area contributed by atoms with E-state index in [1.54, 1.807) is 25.7 Å². The minimum absolute atomic E-state index is 1.11. The predicted octanol–water partition coefficient (Wildman–Crippen LogP) is 3.28. The van der Waals surface area contributed by atoms with Crippen LogP contribution in [0.4, 0.5) is 0 Å². The van der Waals surface area contributed by atoms with Crippen molar-refractivity contribution in [1.82, 2.24) is 0 Å². The first kappa shape index (κ1) is 10.5. The van der Waals surface area contributed by atoms with Crippen LogP contribution in [0, 0.1) is 148 Å². The highest BCUT2D eigenvalue weighted by molar-refractivity contribution is 5.99. The minimum atomic E-state index is 1.11. The Morgan fingerprint density at radius 2 is 0.567 bits per heavy atom. The van der Waals surface area contributed by atoms with Crippen molar-refractivity contribution < 1.29 is 0 Å². The van der Waals surface area contributed by atoms with Gasteiger partial charge in [-0.05, 0) is 174 Å². The molecule has 0 bridgehead atoms. The molecule has 20 fully saturated rings. The van der Waals surface area contributed by atoms with Crippen LogP contribution in [0.15, 0.2) is 0 Å². The average Bonchev–Trinajstić information content (AvgIpc) is 2.61. The molecule has 20 atom stereocenters. The van der Waals surface area contributed by atoms with E-state index in [4.69, 9.17) is 0 Å². The Labute approximate surface area is 173 Å². The van der Waals surface area contributed by atoms with Crippen LogP contribution in [-0.2, 0) is 0 Å². The van der Waals surface area contributed by atoms with Gasteiger partial charge in [-0.25, -0.2) is 0 Å². The SMILES string of the molecule is C1C2C3C4CC5C6C7C8CC9C%10C%11CC%12C%13C%14C1C21C32C45C63C74C98C%105C%11%12C%136C%141C23C564. The van der Waals surface area contributed by atoms with Gasteiger partial charge in [-0.2, -0.15) is 0 Å². The zero-order chi connectivity index (χ0) is 16.9. The zero-order valence-corrected chi connectivity index (χ0v) is 16.9. The molecule has 20 rings (SSSR count). The topological polar surface area (TPSA) is 0 Å². The lowest BCUT2D eigenvalue weighted by Gasteiger charge is -3.54. The van der Waals surface area contributed by atoms with E-state index >= 15 is 0 Å². The van der Waals surface area contributed by atoms with Gasteiger partial charge in [-0.15, -0.1) is 0 Å². The summed E-state index contributed by atoms with van der Waals surface area (Å²) in [6.07, 6.45) is 7.17. The van der Waals surface area contributed by atoms with Crippen LogP contribution in [0.3, 0.4) is 0 Å². The first-order valence-corrected chi connectivity index (χ1v) is 14.9. The highest BCUT2D eigenvalue weighted by Gasteiger charge is 3.54. The molecule has 20 aliphatic rings. The van der Waals surface area contributed by atoms with Crippen LogP contribution in [-0.4, -0.2) is 0 Å². The van der Waals surface area contributed by atoms with Gasteiger partial charge in [0.05, 0.1) is 0 Å². The third kappa shape index (κ3) is 0.238. The first-order chi connectivity index (χ1) is 14.9.